The van der Waals surface area contributed by atoms with Crippen LogP contribution in [0.2, 0.25) is 0 Å². The molecule has 80 valence electrons. The standard InChI is InChI=1S/C14H19N/c1-5-9-10-12-14(8-4)15-13(7-3)11-6-2/h5-11,15H,1-3,12H2,4H3/b10-9-,13-11+,14-8+. The van der Waals surface area contributed by atoms with Gasteiger partial charge in [-0.15, -0.1) is 0 Å². The average Bonchev–Trinajstić information content (AvgIpc) is 2.26. The van der Waals surface area contributed by atoms with E-state index in [1.807, 2.05) is 31.2 Å². The molecule has 0 aliphatic rings. The zero-order chi connectivity index (χ0) is 11.5. The van der Waals surface area contributed by atoms with Crippen LogP contribution in [0.3, 0.4) is 0 Å². The van der Waals surface area contributed by atoms with Crippen LogP contribution in [0.5, 0.6) is 0 Å². The van der Waals surface area contributed by atoms with E-state index >= 15 is 0 Å². The fourth-order valence-electron chi connectivity index (χ4n) is 1.01. The number of allylic oxidation sites excluding steroid dienone is 7. The van der Waals surface area contributed by atoms with Crippen molar-refractivity contribution >= 4 is 0 Å². The molecule has 0 spiro atoms. The fourth-order valence-corrected chi connectivity index (χ4v) is 1.01. The van der Waals surface area contributed by atoms with Gasteiger partial charge in [0.25, 0.3) is 0 Å². The SMILES string of the molecule is C=C/C=C\C/C(=C\C)N/C(C=C)=C/C=C. The number of rotatable bonds is 7. The van der Waals surface area contributed by atoms with Crippen LogP contribution in [0.4, 0.5) is 0 Å². The van der Waals surface area contributed by atoms with Gasteiger partial charge in [0.1, 0.15) is 0 Å². The van der Waals surface area contributed by atoms with Gasteiger partial charge < -0.3 is 5.32 Å². The van der Waals surface area contributed by atoms with E-state index in [2.05, 4.69) is 25.1 Å². The first kappa shape index (κ1) is 13.2. The van der Waals surface area contributed by atoms with Crippen molar-refractivity contribution in [1.82, 2.24) is 5.32 Å². The van der Waals surface area contributed by atoms with Crippen LogP contribution in [0.15, 0.2) is 73.7 Å². The van der Waals surface area contributed by atoms with Gasteiger partial charge in [-0.05, 0) is 19.1 Å². The van der Waals surface area contributed by atoms with E-state index in [1.54, 1.807) is 18.2 Å². The highest BCUT2D eigenvalue weighted by atomic mass is 14.9. The van der Waals surface area contributed by atoms with Gasteiger partial charge in [0.15, 0.2) is 0 Å². The quantitative estimate of drug-likeness (QED) is 0.617. The maximum atomic E-state index is 3.72. The molecule has 15 heavy (non-hydrogen) atoms. The smallest absolute Gasteiger partial charge is 0.0375 e. The van der Waals surface area contributed by atoms with E-state index in [-0.39, 0.29) is 0 Å². The van der Waals surface area contributed by atoms with Crippen LogP contribution in [0.25, 0.3) is 0 Å². The minimum absolute atomic E-state index is 0.852. The summed E-state index contributed by atoms with van der Waals surface area (Å²) >= 11 is 0. The van der Waals surface area contributed by atoms with Crippen LogP contribution in [-0.2, 0) is 0 Å². The summed E-state index contributed by atoms with van der Waals surface area (Å²) in [7, 11) is 0. The molecule has 0 aromatic heterocycles. The third kappa shape index (κ3) is 6.33. The number of nitrogens with one attached hydrogen (secondary N) is 1. The van der Waals surface area contributed by atoms with Crippen LogP contribution in [0, 0.1) is 0 Å². The molecule has 0 unspecified atom stereocenters. The average molecular weight is 201 g/mol. The summed E-state index contributed by atoms with van der Waals surface area (Å²) in [4.78, 5) is 0. The van der Waals surface area contributed by atoms with Gasteiger partial charge >= 0.3 is 0 Å². The molecule has 1 nitrogen and oxygen atoms in total. The maximum absolute atomic E-state index is 3.72. The zero-order valence-corrected chi connectivity index (χ0v) is 9.37. The summed E-state index contributed by atoms with van der Waals surface area (Å²) in [6, 6.07) is 0. The molecule has 0 aliphatic heterocycles. The summed E-state index contributed by atoms with van der Waals surface area (Å²) in [5, 5.41) is 3.26. The van der Waals surface area contributed by atoms with Crippen molar-refractivity contribution in [1.29, 1.82) is 0 Å². The van der Waals surface area contributed by atoms with E-state index in [9.17, 15) is 0 Å². The lowest BCUT2D eigenvalue weighted by atomic mass is 10.2. The summed E-state index contributed by atoms with van der Waals surface area (Å²) in [6.45, 7) is 13.0. The molecular weight excluding hydrogens is 182 g/mol. The highest BCUT2D eigenvalue weighted by Gasteiger charge is 1.93. The first-order valence-corrected chi connectivity index (χ1v) is 4.93. The Hall–Kier alpha value is -1.76. The molecule has 0 amide bonds. The minimum Gasteiger partial charge on any atom is -0.359 e. The van der Waals surface area contributed by atoms with Crippen molar-refractivity contribution in [2.24, 2.45) is 0 Å². The van der Waals surface area contributed by atoms with Gasteiger partial charge in [-0.1, -0.05) is 50.1 Å². The Morgan fingerprint density at radius 1 is 1.20 bits per heavy atom. The monoisotopic (exact) mass is 201 g/mol. The Morgan fingerprint density at radius 2 is 1.93 bits per heavy atom. The number of hydrogen-bond donors (Lipinski definition) is 1. The van der Waals surface area contributed by atoms with Crippen LogP contribution in [0.1, 0.15) is 13.3 Å². The largest absolute Gasteiger partial charge is 0.359 e. The molecule has 0 bridgehead atoms. The van der Waals surface area contributed by atoms with E-state index < -0.39 is 0 Å². The molecule has 0 heterocycles. The lowest BCUT2D eigenvalue weighted by Crippen LogP contribution is -2.10. The van der Waals surface area contributed by atoms with Crippen LogP contribution >= 0.6 is 0 Å². The first-order valence-electron chi connectivity index (χ1n) is 4.93. The first-order chi connectivity index (χ1) is 7.28. The topological polar surface area (TPSA) is 12.0 Å². The van der Waals surface area contributed by atoms with Crippen molar-refractivity contribution in [2.75, 3.05) is 0 Å². The van der Waals surface area contributed by atoms with E-state index in [1.165, 1.54) is 0 Å². The van der Waals surface area contributed by atoms with Gasteiger partial charge in [-0.2, -0.15) is 0 Å². The predicted molar refractivity (Wildman–Crippen MR) is 69.3 cm³/mol. The third-order valence-electron chi connectivity index (χ3n) is 1.78. The third-order valence-corrected chi connectivity index (χ3v) is 1.78. The zero-order valence-electron chi connectivity index (χ0n) is 9.37. The molecule has 0 aromatic carbocycles. The molecule has 0 aromatic rings. The van der Waals surface area contributed by atoms with Gasteiger partial charge in [0.2, 0.25) is 0 Å². The van der Waals surface area contributed by atoms with Crippen molar-refractivity contribution in [3.8, 4) is 0 Å². The predicted octanol–water partition coefficient (Wildman–Crippen LogP) is 3.87. The van der Waals surface area contributed by atoms with Crippen LogP contribution in [-0.4, -0.2) is 0 Å². The molecule has 1 N–H and O–H groups in total. The lowest BCUT2D eigenvalue weighted by Gasteiger charge is -2.08. The van der Waals surface area contributed by atoms with Gasteiger partial charge in [0.05, 0.1) is 0 Å². The second kappa shape index (κ2) is 8.82. The Morgan fingerprint density at radius 3 is 2.40 bits per heavy atom. The second-order valence-corrected chi connectivity index (χ2v) is 2.87. The molecular formula is C14H19N. The van der Waals surface area contributed by atoms with E-state index in [4.69, 9.17) is 0 Å². The summed E-state index contributed by atoms with van der Waals surface area (Å²) in [5.74, 6) is 0. The highest BCUT2D eigenvalue weighted by molar-refractivity contribution is 5.24. The Kier molecular flexibility index (Phi) is 7.79. The maximum Gasteiger partial charge on any atom is 0.0375 e. The van der Waals surface area contributed by atoms with Gasteiger partial charge in [0, 0.05) is 17.8 Å². The van der Waals surface area contributed by atoms with Crippen molar-refractivity contribution in [2.45, 2.75) is 13.3 Å². The second-order valence-electron chi connectivity index (χ2n) is 2.87. The minimum atomic E-state index is 0.852. The highest BCUT2D eigenvalue weighted by Crippen LogP contribution is 2.03. The Labute approximate surface area is 92.9 Å². The summed E-state index contributed by atoms with van der Waals surface area (Å²) < 4.78 is 0. The molecule has 0 radical (unpaired) electrons. The van der Waals surface area contributed by atoms with Gasteiger partial charge in [-0.25, -0.2) is 0 Å². The van der Waals surface area contributed by atoms with Crippen molar-refractivity contribution in [3.63, 3.8) is 0 Å². The lowest BCUT2D eigenvalue weighted by molar-refractivity contribution is 0.947. The fraction of sp³-hybridized carbons (Fsp3) is 0.143. The molecule has 0 fully saturated rings. The molecule has 0 atom stereocenters. The Balaban J connectivity index is 4.38. The molecule has 0 aliphatic carbocycles. The van der Waals surface area contributed by atoms with E-state index in [0.29, 0.717) is 0 Å². The van der Waals surface area contributed by atoms with Crippen LogP contribution < -0.4 is 5.32 Å². The van der Waals surface area contributed by atoms with Crippen molar-refractivity contribution in [3.05, 3.63) is 73.7 Å². The number of hydrogen-bond acceptors (Lipinski definition) is 1. The molecule has 0 saturated carbocycles. The van der Waals surface area contributed by atoms with Gasteiger partial charge in [-0.3, -0.25) is 0 Å². The normalized spacial score (nSPS) is 12.6. The molecule has 0 saturated heterocycles. The summed E-state index contributed by atoms with van der Waals surface area (Å²) in [6.07, 6.45) is 14.0. The summed E-state index contributed by atoms with van der Waals surface area (Å²) in [5.41, 5.74) is 2.08. The molecule has 1 heteroatoms. The van der Waals surface area contributed by atoms with E-state index in [0.717, 1.165) is 17.8 Å². The van der Waals surface area contributed by atoms with Crippen molar-refractivity contribution < 1.29 is 0 Å². The molecule has 0 rings (SSSR count). The Bertz CT molecular complexity index is 303.